The summed E-state index contributed by atoms with van der Waals surface area (Å²) >= 11 is 0. The molecule has 0 nitrogen and oxygen atoms in total. The van der Waals surface area contributed by atoms with Crippen LogP contribution in [-0.2, 0) is 12.8 Å². The van der Waals surface area contributed by atoms with E-state index in [0.29, 0.717) is 5.54 Å². The Hall–Kier alpha value is -1.65. The smallest absolute Gasteiger partial charge is 0.0471 e. The number of allylic oxidation sites excluding steroid dienone is 2. The predicted octanol–water partition coefficient (Wildman–Crippen LogP) is 6.16. The van der Waals surface area contributed by atoms with Gasteiger partial charge in [-0.3, -0.25) is 0 Å². The van der Waals surface area contributed by atoms with Gasteiger partial charge in [0.1, 0.15) is 0 Å². The molecule has 1 unspecified atom stereocenters. The van der Waals surface area contributed by atoms with Crippen molar-refractivity contribution < 1.29 is 0 Å². The molecule has 2 rings (SSSR count). The molecule has 2 aromatic rings. The SMILES string of the molecule is C=CCc1cccc(C(c2cccc(CC=C)c2)[SiH](C)CC[SiH](C)C)c1. The first-order chi connectivity index (χ1) is 12.5. The normalized spacial score (nSPS) is 12.3. The van der Waals surface area contributed by atoms with Gasteiger partial charge in [-0.25, -0.2) is 0 Å². The van der Waals surface area contributed by atoms with Crippen LogP contribution in [0, 0.1) is 0 Å². The predicted molar refractivity (Wildman–Crippen MR) is 124 cm³/mol. The molecule has 0 fully saturated rings. The molecule has 0 amide bonds. The average molecular weight is 379 g/mol. The van der Waals surface area contributed by atoms with Gasteiger partial charge in [0.25, 0.3) is 0 Å². The monoisotopic (exact) mass is 378 g/mol. The van der Waals surface area contributed by atoms with E-state index in [1.807, 2.05) is 12.2 Å². The van der Waals surface area contributed by atoms with Gasteiger partial charge in [0.2, 0.25) is 0 Å². The molecule has 0 aliphatic heterocycles. The second kappa shape index (κ2) is 10.5. The van der Waals surface area contributed by atoms with E-state index < -0.39 is 17.6 Å². The Balaban J connectivity index is 2.41. The number of hydrogen-bond donors (Lipinski definition) is 0. The van der Waals surface area contributed by atoms with Gasteiger partial charge in [-0.15, -0.1) is 13.2 Å². The van der Waals surface area contributed by atoms with Crippen molar-refractivity contribution in [2.24, 2.45) is 0 Å². The topological polar surface area (TPSA) is 0 Å². The van der Waals surface area contributed by atoms with E-state index in [1.54, 1.807) is 0 Å². The van der Waals surface area contributed by atoms with Gasteiger partial charge in [-0.1, -0.05) is 92.4 Å². The van der Waals surface area contributed by atoms with Crippen molar-refractivity contribution in [1.82, 2.24) is 0 Å². The van der Waals surface area contributed by atoms with Crippen LogP contribution in [0.5, 0.6) is 0 Å². The highest BCUT2D eigenvalue weighted by molar-refractivity contribution is 6.64. The number of hydrogen-bond acceptors (Lipinski definition) is 0. The van der Waals surface area contributed by atoms with E-state index >= 15 is 0 Å². The van der Waals surface area contributed by atoms with Gasteiger partial charge >= 0.3 is 0 Å². The maximum absolute atomic E-state index is 3.91. The Bertz CT molecular complexity index is 664. The Labute approximate surface area is 163 Å². The van der Waals surface area contributed by atoms with Crippen LogP contribution < -0.4 is 0 Å². The second-order valence-electron chi connectivity index (χ2n) is 7.90. The van der Waals surface area contributed by atoms with E-state index in [9.17, 15) is 0 Å². The molecule has 2 heteroatoms. The molecule has 0 bridgehead atoms. The minimum Gasteiger partial charge on any atom is -0.103 e. The summed E-state index contributed by atoms with van der Waals surface area (Å²) in [4.78, 5) is 0. The number of rotatable bonds is 10. The van der Waals surface area contributed by atoms with Gasteiger partial charge in [-0.05, 0) is 35.1 Å². The van der Waals surface area contributed by atoms with Crippen LogP contribution in [0.3, 0.4) is 0 Å². The van der Waals surface area contributed by atoms with Crippen molar-refractivity contribution in [2.45, 2.75) is 50.1 Å². The average Bonchev–Trinajstić information content (AvgIpc) is 2.61. The lowest BCUT2D eigenvalue weighted by Gasteiger charge is -2.26. The molecule has 2 aromatic carbocycles. The largest absolute Gasteiger partial charge is 0.103 e. The van der Waals surface area contributed by atoms with Crippen molar-refractivity contribution in [3.63, 3.8) is 0 Å². The lowest BCUT2D eigenvalue weighted by Crippen LogP contribution is -2.23. The molecule has 0 heterocycles. The van der Waals surface area contributed by atoms with E-state index in [-0.39, 0.29) is 0 Å². The van der Waals surface area contributed by atoms with Gasteiger partial charge in [-0.2, -0.15) is 0 Å². The minimum atomic E-state index is -0.925. The van der Waals surface area contributed by atoms with E-state index in [0.717, 1.165) is 12.8 Å². The van der Waals surface area contributed by atoms with Crippen LogP contribution in [0.4, 0.5) is 0 Å². The third-order valence-corrected chi connectivity index (χ3v) is 10.5. The molecule has 0 saturated carbocycles. The maximum Gasteiger partial charge on any atom is 0.0471 e. The highest BCUT2D eigenvalue weighted by Crippen LogP contribution is 2.31. The van der Waals surface area contributed by atoms with Gasteiger partial charge in [0.05, 0.1) is 0 Å². The summed E-state index contributed by atoms with van der Waals surface area (Å²) in [6.07, 6.45) is 5.91. The standard InChI is InChI=1S/C24H34Si2/c1-6-10-20-12-8-14-22(18-20)24(26(5)17-16-25(3)4)23-15-9-13-21(19-23)11-7-2/h6-9,12-15,18-19,24-26H,1-2,10-11,16-17H2,3-5H3. The first-order valence-electron chi connectivity index (χ1n) is 9.94. The third-order valence-electron chi connectivity index (χ3n) is 5.15. The van der Waals surface area contributed by atoms with E-state index in [1.165, 1.54) is 34.3 Å². The van der Waals surface area contributed by atoms with Crippen LogP contribution in [0.1, 0.15) is 27.8 Å². The Morgan fingerprint density at radius 3 is 1.73 bits per heavy atom. The van der Waals surface area contributed by atoms with Crippen molar-refractivity contribution in [1.29, 1.82) is 0 Å². The molecule has 138 valence electrons. The molecule has 0 N–H and O–H groups in total. The van der Waals surface area contributed by atoms with Crippen LogP contribution in [0.2, 0.25) is 31.7 Å². The van der Waals surface area contributed by atoms with Crippen molar-refractivity contribution >= 4 is 17.6 Å². The molecule has 0 radical (unpaired) electrons. The molecule has 0 saturated heterocycles. The molecule has 26 heavy (non-hydrogen) atoms. The van der Waals surface area contributed by atoms with Crippen LogP contribution in [0.25, 0.3) is 0 Å². The van der Waals surface area contributed by atoms with Crippen molar-refractivity contribution in [3.8, 4) is 0 Å². The fourth-order valence-corrected chi connectivity index (χ4v) is 10.6. The van der Waals surface area contributed by atoms with Crippen LogP contribution >= 0.6 is 0 Å². The summed E-state index contributed by atoms with van der Waals surface area (Å²) in [5, 5.41) is 0. The van der Waals surface area contributed by atoms with Crippen molar-refractivity contribution in [3.05, 3.63) is 96.1 Å². The zero-order chi connectivity index (χ0) is 18.9. The first-order valence-corrected chi connectivity index (χ1v) is 15.7. The second-order valence-corrected chi connectivity index (χ2v) is 14.5. The summed E-state index contributed by atoms with van der Waals surface area (Å²) in [6, 6.07) is 21.4. The summed E-state index contributed by atoms with van der Waals surface area (Å²) in [5.41, 5.74) is 6.36. The fourth-order valence-electron chi connectivity index (χ4n) is 3.77. The van der Waals surface area contributed by atoms with Gasteiger partial charge < -0.3 is 0 Å². The molecular weight excluding hydrogens is 344 g/mol. The van der Waals surface area contributed by atoms with E-state index in [2.05, 4.69) is 81.3 Å². The first kappa shape index (κ1) is 20.7. The quantitative estimate of drug-likeness (QED) is 0.343. The van der Waals surface area contributed by atoms with E-state index in [4.69, 9.17) is 0 Å². The Morgan fingerprint density at radius 2 is 1.31 bits per heavy atom. The molecular formula is C24H34Si2. The minimum absolute atomic E-state index is 0.490. The summed E-state index contributed by atoms with van der Waals surface area (Å²) in [7, 11) is -1.41. The third kappa shape index (κ3) is 5.96. The van der Waals surface area contributed by atoms with Crippen LogP contribution in [-0.4, -0.2) is 17.6 Å². The molecule has 0 aliphatic rings. The Kier molecular flexibility index (Phi) is 8.34. The van der Waals surface area contributed by atoms with Gasteiger partial charge in [0.15, 0.2) is 0 Å². The summed E-state index contributed by atoms with van der Waals surface area (Å²) in [6.45, 7) is 15.3. The summed E-state index contributed by atoms with van der Waals surface area (Å²) in [5.74, 6) is 0. The van der Waals surface area contributed by atoms with Gasteiger partial charge in [0, 0.05) is 23.1 Å². The zero-order valence-corrected chi connectivity index (χ0v) is 19.1. The molecule has 0 spiro atoms. The Morgan fingerprint density at radius 1 is 0.808 bits per heavy atom. The lowest BCUT2D eigenvalue weighted by molar-refractivity contribution is 1.06. The maximum atomic E-state index is 3.91. The van der Waals surface area contributed by atoms with Crippen molar-refractivity contribution in [2.75, 3.05) is 0 Å². The number of benzene rings is 2. The molecule has 0 aliphatic carbocycles. The highest BCUT2D eigenvalue weighted by Gasteiger charge is 2.23. The zero-order valence-electron chi connectivity index (χ0n) is 16.7. The van der Waals surface area contributed by atoms with Crippen LogP contribution in [0.15, 0.2) is 73.8 Å². The fraction of sp³-hybridized carbons (Fsp3) is 0.333. The molecule has 0 aromatic heterocycles. The molecule has 1 atom stereocenters. The lowest BCUT2D eigenvalue weighted by atomic mass is 9.99. The highest BCUT2D eigenvalue weighted by atomic mass is 28.3. The summed E-state index contributed by atoms with van der Waals surface area (Å²) < 4.78 is 0.